The molecule has 7 nitrogen and oxygen atoms in total. The number of halogens is 1. The molecule has 0 aromatic carbocycles. The zero-order valence-electron chi connectivity index (χ0n) is 12.4. The highest BCUT2D eigenvalue weighted by atomic mass is 79.9. The molecule has 0 aliphatic carbocycles. The third kappa shape index (κ3) is 4.23. The molecule has 0 radical (unpaired) electrons. The molecule has 0 saturated carbocycles. The summed E-state index contributed by atoms with van der Waals surface area (Å²) in [4.78, 5) is 14.8. The molecule has 1 saturated heterocycles. The Morgan fingerprint density at radius 3 is 2.95 bits per heavy atom. The Balaban J connectivity index is 1.49. The van der Waals surface area contributed by atoms with Gasteiger partial charge in [-0.15, -0.1) is 0 Å². The number of rotatable bonds is 5. The Hall–Kier alpha value is -1.54. The smallest absolute Gasteiger partial charge is 0.316 e. The van der Waals surface area contributed by atoms with Crippen LogP contribution in [0.1, 0.15) is 24.6 Å². The number of nitrogens with zero attached hydrogens (tertiary/aromatic N) is 5. The second-order valence-electron chi connectivity index (χ2n) is 5.47. The SMILES string of the molecule is Cc1nc(CN2CCCC(COc3ncc(Br)cn3)C2)no1. The van der Waals surface area contributed by atoms with Crippen molar-refractivity contribution in [2.24, 2.45) is 5.92 Å². The zero-order valence-corrected chi connectivity index (χ0v) is 14.0. The summed E-state index contributed by atoms with van der Waals surface area (Å²) < 4.78 is 11.5. The third-order valence-corrected chi connectivity index (χ3v) is 3.99. The van der Waals surface area contributed by atoms with E-state index in [-0.39, 0.29) is 0 Å². The van der Waals surface area contributed by atoms with Gasteiger partial charge in [0.1, 0.15) is 0 Å². The van der Waals surface area contributed by atoms with Crippen molar-refractivity contribution in [1.82, 2.24) is 25.0 Å². The van der Waals surface area contributed by atoms with Crippen molar-refractivity contribution in [2.45, 2.75) is 26.3 Å². The molecular weight excluding hydrogens is 350 g/mol. The van der Waals surface area contributed by atoms with Crippen molar-refractivity contribution in [1.29, 1.82) is 0 Å². The number of hydrogen-bond acceptors (Lipinski definition) is 7. The molecule has 2 aromatic rings. The highest BCUT2D eigenvalue weighted by Crippen LogP contribution is 2.19. The first kappa shape index (κ1) is 15.4. The van der Waals surface area contributed by atoms with Gasteiger partial charge in [-0.1, -0.05) is 5.16 Å². The van der Waals surface area contributed by atoms with Crippen LogP contribution in [0, 0.1) is 12.8 Å². The maximum atomic E-state index is 5.68. The number of hydrogen-bond donors (Lipinski definition) is 0. The van der Waals surface area contributed by atoms with Crippen LogP contribution >= 0.6 is 15.9 Å². The molecule has 1 aliphatic rings. The van der Waals surface area contributed by atoms with Crippen LogP contribution in [0.5, 0.6) is 6.01 Å². The predicted molar refractivity (Wildman–Crippen MR) is 82.3 cm³/mol. The number of likely N-dealkylation sites (tertiary alicyclic amines) is 1. The molecule has 3 rings (SSSR count). The molecule has 0 amide bonds. The average molecular weight is 368 g/mol. The van der Waals surface area contributed by atoms with Gasteiger partial charge in [0, 0.05) is 31.8 Å². The van der Waals surface area contributed by atoms with Gasteiger partial charge in [0.05, 0.1) is 17.6 Å². The van der Waals surface area contributed by atoms with Gasteiger partial charge >= 0.3 is 6.01 Å². The fourth-order valence-corrected chi connectivity index (χ4v) is 2.81. The summed E-state index contributed by atoms with van der Waals surface area (Å²) >= 11 is 3.31. The Morgan fingerprint density at radius 1 is 1.41 bits per heavy atom. The van der Waals surface area contributed by atoms with E-state index in [1.54, 1.807) is 12.4 Å². The Morgan fingerprint density at radius 2 is 2.23 bits per heavy atom. The minimum atomic E-state index is 0.425. The summed E-state index contributed by atoms with van der Waals surface area (Å²) in [7, 11) is 0. The lowest BCUT2D eigenvalue weighted by Gasteiger charge is -2.31. The summed E-state index contributed by atoms with van der Waals surface area (Å²) in [5, 5.41) is 3.95. The van der Waals surface area contributed by atoms with Crippen LogP contribution in [0.2, 0.25) is 0 Å². The Kier molecular flexibility index (Phi) is 4.99. The maximum Gasteiger partial charge on any atom is 0.316 e. The largest absolute Gasteiger partial charge is 0.463 e. The van der Waals surface area contributed by atoms with Gasteiger partial charge in [-0.2, -0.15) is 4.98 Å². The zero-order chi connectivity index (χ0) is 15.4. The molecule has 3 heterocycles. The second-order valence-corrected chi connectivity index (χ2v) is 6.38. The summed E-state index contributed by atoms with van der Waals surface area (Å²) in [6, 6.07) is 0.425. The summed E-state index contributed by atoms with van der Waals surface area (Å²) in [6.07, 6.45) is 5.67. The van der Waals surface area contributed by atoms with E-state index in [4.69, 9.17) is 9.26 Å². The minimum Gasteiger partial charge on any atom is -0.463 e. The molecule has 0 bridgehead atoms. The highest BCUT2D eigenvalue weighted by molar-refractivity contribution is 9.10. The first-order valence-electron chi connectivity index (χ1n) is 7.31. The lowest BCUT2D eigenvalue weighted by molar-refractivity contribution is 0.118. The normalized spacial score (nSPS) is 19.3. The minimum absolute atomic E-state index is 0.425. The molecule has 118 valence electrons. The first-order chi connectivity index (χ1) is 10.7. The average Bonchev–Trinajstić information content (AvgIpc) is 2.92. The van der Waals surface area contributed by atoms with E-state index in [2.05, 4.69) is 40.9 Å². The molecule has 22 heavy (non-hydrogen) atoms. The summed E-state index contributed by atoms with van der Waals surface area (Å²) in [5.74, 6) is 1.82. The molecule has 1 aliphatic heterocycles. The van der Waals surface area contributed by atoms with Crippen molar-refractivity contribution in [2.75, 3.05) is 19.7 Å². The first-order valence-corrected chi connectivity index (χ1v) is 8.10. The number of aryl methyl sites for hydroxylation is 1. The summed E-state index contributed by atoms with van der Waals surface area (Å²) in [5.41, 5.74) is 0. The lowest BCUT2D eigenvalue weighted by Crippen LogP contribution is -2.37. The molecule has 1 unspecified atom stereocenters. The number of aromatic nitrogens is 4. The highest BCUT2D eigenvalue weighted by Gasteiger charge is 2.22. The summed E-state index contributed by atoms with van der Waals surface area (Å²) in [6.45, 7) is 5.18. The van der Waals surface area contributed by atoms with Gasteiger partial charge in [0.25, 0.3) is 0 Å². The standard InChI is InChI=1S/C14H18BrN5O2/c1-10-18-13(19-22-10)8-20-4-2-3-11(7-20)9-21-14-16-5-12(15)6-17-14/h5-6,11H,2-4,7-9H2,1H3. The van der Waals surface area contributed by atoms with Gasteiger partial charge in [-0.05, 0) is 35.3 Å². The van der Waals surface area contributed by atoms with Crippen LogP contribution in [0.3, 0.4) is 0 Å². The van der Waals surface area contributed by atoms with Gasteiger partial charge in [-0.3, -0.25) is 4.90 Å². The molecule has 2 aromatic heterocycles. The third-order valence-electron chi connectivity index (χ3n) is 3.58. The monoisotopic (exact) mass is 367 g/mol. The van der Waals surface area contributed by atoms with Crippen LogP contribution in [0.15, 0.2) is 21.4 Å². The molecule has 0 N–H and O–H groups in total. The van der Waals surface area contributed by atoms with Crippen LogP contribution in [0.25, 0.3) is 0 Å². The second kappa shape index (κ2) is 7.15. The Bertz CT molecular complexity index is 604. The molecule has 0 spiro atoms. The van der Waals surface area contributed by atoms with E-state index in [0.29, 0.717) is 24.4 Å². The van der Waals surface area contributed by atoms with Gasteiger partial charge in [0.2, 0.25) is 5.89 Å². The van der Waals surface area contributed by atoms with E-state index < -0.39 is 0 Å². The van der Waals surface area contributed by atoms with E-state index >= 15 is 0 Å². The van der Waals surface area contributed by atoms with Crippen LogP contribution < -0.4 is 4.74 Å². The Labute approximate surface area is 137 Å². The van der Waals surface area contributed by atoms with Crippen molar-refractivity contribution in [3.63, 3.8) is 0 Å². The van der Waals surface area contributed by atoms with Crippen LogP contribution in [0.4, 0.5) is 0 Å². The van der Waals surface area contributed by atoms with E-state index in [1.165, 1.54) is 0 Å². The molecule has 1 atom stereocenters. The van der Waals surface area contributed by atoms with Crippen LogP contribution in [-0.4, -0.2) is 44.7 Å². The quantitative estimate of drug-likeness (QED) is 0.801. The van der Waals surface area contributed by atoms with E-state index in [9.17, 15) is 0 Å². The van der Waals surface area contributed by atoms with Gasteiger partial charge < -0.3 is 9.26 Å². The fraction of sp³-hybridized carbons (Fsp3) is 0.571. The lowest BCUT2D eigenvalue weighted by atomic mass is 9.99. The van der Waals surface area contributed by atoms with Crippen LogP contribution in [-0.2, 0) is 6.54 Å². The fourth-order valence-electron chi connectivity index (χ4n) is 2.60. The van der Waals surface area contributed by atoms with E-state index in [1.807, 2.05) is 6.92 Å². The van der Waals surface area contributed by atoms with Crippen molar-refractivity contribution < 1.29 is 9.26 Å². The topological polar surface area (TPSA) is 77.2 Å². The maximum absolute atomic E-state index is 5.68. The molecule has 8 heteroatoms. The number of piperidine rings is 1. The van der Waals surface area contributed by atoms with Gasteiger partial charge in [-0.25, -0.2) is 9.97 Å². The number of ether oxygens (including phenoxy) is 1. The van der Waals surface area contributed by atoms with Crippen molar-refractivity contribution in [3.05, 3.63) is 28.6 Å². The predicted octanol–water partition coefficient (Wildman–Crippen LogP) is 2.22. The van der Waals surface area contributed by atoms with Gasteiger partial charge in [0.15, 0.2) is 5.82 Å². The van der Waals surface area contributed by atoms with E-state index in [0.717, 1.165) is 42.8 Å². The molecular formula is C14H18BrN5O2. The van der Waals surface area contributed by atoms with Crippen molar-refractivity contribution in [3.8, 4) is 6.01 Å². The van der Waals surface area contributed by atoms with Crippen molar-refractivity contribution >= 4 is 15.9 Å². The molecule has 1 fully saturated rings.